The highest BCUT2D eigenvalue weighted by atomic mass is 15.1. The van der Waals surface area contributed by atoms with Crippen LogP contribution in [0.15, 0.2) is 255 Å². The molecule has 0 aliphatic heterocycles. The normalized spacial score (nSPS) is 11.7. The van der Waals surface area contributed by atoms with Gasteiger partial charge in [-0.15, -0.1) is 0 Å². The minimum atomic E-state index is 1.10. The summed E-state index contributed by atoms with van der Waals surface area (Å²) >= 11 is 0. The second-order valence-corrected chi connectivity index (χ2v) is 21.7. The van der Waals surface area contributed by atoms with Gasteiger partial charge in [0.2, 0.25) is 0 Å². The van der Waals surface area contributed by atoms with Crippen molar-refractivity contribution in [1.82, 2.24) is 0 Å². The Balaban J connectivity index is 0.922. The first kappa shape index (κ1) is 52.5. The summed E-state index contributed by atoms with van der Waals surface area (Å²) in [5.41, 5.74) is 30.8. The Kier molecular flexibility index (Phi) is 15.3. The molecule has 0 atom stereocenters. The highest BCUT2D eigenvalue weighted by Gasteiger charge is 2.18. The van der Waals surface area contributed by atoms with Gasteiger partial charge in [0.05, 0.1) is 0 Å². The maximum absolute atomic E-state index is 2.38. The van der Waals surface area contributed by atoms with E-state index in [-0.39, 0.29) is 0 Å². The average molecular weight is 1030 g/mol. The molecule has 0 saturated carbocycles. The molecule has 0 bridgehead atoms. The Hall–Kier alpha value is -9.50. The minimum absolute atomic E-state index is 1.10. The van der Waals surface area contributed by atoms with Crippen LogP contribution in [0.1, 0.15) is 77.9 Å². The van der Waals surface area contributed by atoms with Crippen LogP contribution in [-0.4, -0.2) is 0 Å². The summed E-state index contributed by atoms with van der Waals surface area (Å²) in [5.74, 6) is 0. The summed E-state index contributed by atoms with van der Waals surface area (Å²) < 4.78 is 0. The second kappa shape index (κ2) is 23.2. The van der Waals surface area contributed by atoms with Crippen molar-refractivity contribution in [2.45, 2.75) is 55.4 Å². The lowest BCUT2D eigenvalue weighted by Crippen LogP contribution is -2.11. The number of aryl methyl sites for hydroxylation is 8. The molecule has 0 spiro atoms. The van der Waals surface area contributed by atoms with Gasteiger partial charge in [0.25, 0.3) is 0 Å². The molecule has 0 fully saturated rings. The summed E-state index contributed by atoms with van der Waals surface area (Å²) in [7, 11) is 0. The fraction of sp³-hybridized carbons (Fsp3) is 0.103. The van der Waals surface area contributed by atoms with Crippen molar-refractivity contribution in [1.29, 1.82) is 0 Å². The number of nitrogens with zero attached hydrogens (tertiary/aromatic N) is 2. The molecule has 11 aromatic carbocycles. The Morgan fingerprint density at radius 3 is 0.850 bits per heavy atom. The van der Waals surface area contributed by atoms with Crippen LogP contribution in [-0.2, 0) is 0 Å². The van der Waals surface area contributed by atoms with Crippen molar-refractivity contribution in [3.05, 3.63) is 333 Å². The summed E-state index contributed by atoms with van der Waals surface area (Å²) in [6.45, 7) is 17.3. The van der Waals surface area contributed by atoms with Crippen LogP contribution in [0.5, 0.6) is 0 Å². The molecule has 0 unspecified atom stereocenters. The van der Waals surface area contributed by atoms with Crippen LogP contribution in [0.3, 0.4) is 0 Å². The summed E-state index contributed by atoms with van der Waals surface area (Å²) in [5, 5.41) is 0. The Morgan fingerprint density at radius 2 is 0.487 bits per heavy atom. The fourth-order valence-electron chi connectivity index (χ4n) is 10.7. The van der Waals surface area contributed by atoms with Crippen molar-refractivity contribution in [2.75, 3.05) is 9.80 Å². The van der Waals surface area contributed by atoms with Crippen LogP contribution in [0, 0.1) is 55.4 Å². The van der Waals surface area contributed by atoms with E-state index in [4.69, 9.17) is 0 Å². The topological polar surface area (TPSA) is 6.48 Å². The molecule has 0 aromatic heterocycles. The van der Waals surface area contributed by atoms with E-state index < -0.39 is 0 Å². The van der Waals surface area contributed by atoms with Gasteiger partial charge >= 0.3 is 0 Å². The first-order valence-corrected chi connectivity index (χ1v) is 27.9. The molecule has 11 rings (SSSR count). The van der Waals surface area contributed by atoms with E-state index in [0.29, 0.717) is 0 Å². The Labute approximate surface area is 475 Å². The van der Waals surface area contributed by atoms with E-state index in [1.54, 1.807) is 0 Å². The van der Waals surface area contributed by atoms with Gasteiger partial charge in [0, 0.05) is 34.1 Å². The van der Waals surface area contributed by atoms with E-state index in [1.165, 1.54) is 77.9 Å². The van der Waals surface area contributed by atoms with E-state index in [0.717, 1.165) is 67.5 Å². The van der Waals surface area contributed by atoms with Gasteiger partial charge in [-0.3, -0.25) is 0 Å². The average Bonchev–Trinajstić information content (AvgIpc) is 3.54. The van der Waals surface area contributed by atoms with Crippen molar-refractivity contribution >= 4 is 57.4 Å². The zero-order valence-electron chi connectivity index (χ0n) is 47.3. The van der Waals surface area contributed by atoms with E-state index in [9.17, 15) is 0 Å². The van der Waals surface area contributed by atoms with Gasteiger partial charge in [0.1, 0.15) is 0 Å². The maximum atomic E-state index is 2.38. The molecule has 0 aliphatic rings. The number of benzene rings is 11. The molecule has 390 valence electrons. The van der Waals surface area contributed by atoms with E-state index in [2.05, 4.69) is 332 Å². The van der Waals surface area contributed by atoms with Crippen molar-refractivity contribution in [3.8, 4) is 22.3 Å². The monoisotopic (exact) mass is 1030 g/mol. The third kappa shape index (κ3) is 11.8. The molecule has 11 aromatic rings. The van der Waals surface area contributed by atoms with Crippen molar-refractivity contribution in [2.24, 2.45) is 0 Å². The summed E-state index contributed by atoms with van der Waals surface area (Å²) in [4.78, 5) is 4.75. The van der Waals surface area contributed by atoms with Crippen LogP contribution in [0.25, 0.3) is 45.6 Å². The standard InChI is InChI=1S/C78H68N2/c1-53-9-24-63(25-10-53)64-36-45-74(46-37-64)80(77-47-19-58(6)49-59(77)7)73-43-22-62(23-44-73)52-76(67-30-15-56(4)16-31-67)69-34-32-68(33-35-69)75(66-28-13-55(3)14-29-66)51-61-20-41-72(42-21-61)79(71-39-17-57(5)18-40-71)78-48-38-70(50-60(78)8)65-26-11-54(2)12-27-65/h9-52H,1-8H3. The third-order valence-electron chi connectivity index (χ3n) is 15.4. The smallest absolute Gasteiger partial charge is 0.0491 e. The van der Waals surface area contributed by atoms with Gasteiger partial charge in [-0.25, -0.2) is 0 Å². The molecule has 0 heterocycles. The minimum Gasteiger partial charge on any atom is -0.310 e. The SMILES string of the molecule is Cc1ccc(C(=Cc2ccc(N(c3ccc(-c4ccc(C)cc4)cc3)c3ccc(C)cc3C)cc2)c2ccc(C(=Cc3ccc(N(c4ccc(C)cc4)c4ccc(-c5ccc(C)cc5)cc4C)cc3)c3ccc(C)cc3)cc2)cc1. The molecular weight excluding hydrogens is 965 g/mol. The first-order valence-electron chi connectivity index (χ1n) is 27.9. The van der Waals surface area contributed by atoms with Crippen LogP contribution in [0.2, 0.25) is 0 Å². The highest BCUT2D eigenvalue weighted by Crippen LogP contribution is 2.41. The number of rotatable bonds is 14. The molecule has 0 amide bonds. The van der Waals surface area contributed by atoms with Gasteiger partial charge in [-0.1, -0.05) is 221 Å². The summed E-state index contributed by atoms with van der Waals surface area (Å²) in [6, 6.07) is 93.9. The molecule has 0 radical (unpaired) electrons. The first-order chi connectivity index (χ1) is 38.9. The van der Waals surface area contributed by atoms with Gasteiger partial charge in [-0.2, -0.15) is 0 Å². The molecule has 0 aliphatic carbocycles. The molecule has 2 heteroatoms. The summed E-state index contributed by atoms with van der Waals surface area (Å²) in [6.07, 6.45) is 4.67. The molecule has 0 saturated heterocycles. The quantitative estimate of drug-likeness (QED) is 0.100. The zero-order chi connectivity index (χ0) is 55.3. The Morgan fingerprint density at radius 1 is 0.237 bits per heavy atom. The van der Waals surface area contributed by atoms with Crippen LogP contribution < -0.4 is 9.80 Å². The predicted octanol–water partition coefficient (Wildman–Crippen LogP) is 21.6. The molecule has 2 nitrogen and oxygen atoms in total. The molecule has 80 heavy (non-hydrogen) atoms. The van der Waals surface area contributed by atoms with Gasteiger partial charge in [0.15, 0.2) is 0 Å². The van der Waals surface area contributed by atoms with Gasteiger partial charge in [-0.05, 0) is 212 Å². The number of hydrogen-bond donors (Lipinski definition) is 0. The lowest BCUT2D eigenvalue weighted by molar-refractivity contribution is 1.24. The second-order valence-electron chi connectivity index (χ2n) is 21.7. The Bertz CT molecular complexity index is 3850. The lowest BCUT2D eigenvalue weighted by atomic mass is 9.91. The number of anilines is 6. The molecule has 0 N–H and O–H groups in total. The van der Waals surface area contributed by atoms with Crippen molar-refractivity contribution in [3.63, 3.8) is 0 Å². The molecular formula is C78H68N2. The van der Waals surface area contributed by atoms with Crippen molar-refractivity contribution < 1.29 is 0 Å². The number of hydrogen-bond acceptors (Lipinski definition) is 2. The fourth-order valence-corrected chi connectivity index (χ4v) is 10.7. The zero-order valence-corrected chi connectivity index (χ0v) is 47.3. The van der Waals surface area contributed by atoms with E-state index in [1.807, 2.05) is 0 Å². The predicted molar refractivity (Wildman–Crippen MR) is 344 cm³/mol. The maximum Gasteiger partial charge on any atom is 0.0491 e. The highest BCUT2D eigenvalue weighted by molar-refractivity contribution is 5.95. The van der Waals surface area contributed by atoms with Crippen LogP contribution >= 0.6 is 0 Å². The third-order valence-corrected chi connectivity index (χ3v) is 15.4. The largest absolute Gasteiger partial charge is 0.310 e. The lowest BCUT2D eigenvalue weighted by Gasteiger charge is -2.27. The van der Waals surface area contributed by atoms with E-state index >= 15 is 0 Å². The van der Waals surface area contributed by atoms with Crippen LogP contribution in [0.4, 0.5) is 34.1 Å². The van der Waals surface area contributed by atoms with Gasteiger partial charge < -0.3 is 9.80 Å².